The lowest BCUT2D eigenvalue weighted by molar-refractivity contribution is 0.00578. The molecule has 2 aliphatic heterocycles. The fourth-order valence-electron chi connectivity index (χ4n) is 15.9. The predicted octanol–water partition coefficient (Wildman–Crippen LogP) is 24.1. The Bertz CT molecular complexity index is 6260. The van der Waals surface area contributed by atoms with Gasteiger partial charge in [0.25, 0.3) is 0 Å². The van der Waals surface area contributed by atoms with Crippen molar-refractivity contribution in [3.05, 3.63) is 251 Å². The summed E-state index contributed by atoms with van der Waals surface area (Å²) in [5.74, 6) is 4.69. The summed E-state index contributed by atoms with van der Waals surface area (Å²) in [6.07, 6.45) is 0. The number of hydrogen-bond acceptors (Lipinski definition) is 10. The Labute approximate surface area is 674 Å². The van der Waals surface area contributed by atoms with E-state index in [4.69, 9.17) is 47.5 Å². The molecule has 2 fully saturated rings. The Morgan fingerprint density at radius 1 is 0.330 bits per heavy atom. The third kappa shape index (κ3) is 13.6. The lowest BCUT2D eigenvalue weighted by Crippen LogP contribution is -2.41. The number of aryl methyl sites for hydroxylation is 4. The smallest absolute Gasteiger partial charge is 0.497 e. The van der Waals surface area contributed by atoms with Crippen LogP contribution in [0.2, 0.25) is 0 Å². The van der Waals surface area contributed by atoms with Crippen LogP contribution in [0.15, 0.2) is 239 Å². The summed E-state index contributed by atoms with van der Waals surface area (Å²) < 4.78 is 54.5. The normalized spacial score (nSPS) is 14.7. The van der Waals surface area contributed by atoms with Crippen molar-refractivity contribution in [3.8, 4) is 79.2 Å². The summed E-state index contributed by atoms with van der Waals surface area (Å²) in [5.41, 5.74) is 15.8. The monoisotopic (exact) mass is 1610 g/mol. The number of fused-ring (bicyclic) bond motifs is 14. The van der Waals surface area contributed by atoms with Crippen LogP contribution in [0.3, 0.4) is 0 Å². The molecule has 12 nitrogen and oxygen atoms in total. The highest BCUT2D eigenvalue weighted by Crippen LogP contribution is 2.48. The summed E-state index contributed by atoms with van der Waals surface area (Å²) >= 11 is 7.33. The second kappa shape index (κ2) is 30.3. The number of aromatic nitrogens is 4. The topological polar surface area (TPSA) is 109 Å². The third-order valence-electron chi connectivity index (χ3n) is 23.1. The van der Waals surface area contributed by atoms with Crippen molar-refractivity contribution >= 4 is 144 Å². The van der Waals surface area contributed by atoms with E-state index in [1.807, 2.05) is 73.6 Å². The van der Waals surface area contributed by atoms with Gasteiger partial charge in [0, 0.05) is 55.5 Å². The van der Waals surface area contributed by atoms with Crippen molar-refractivity contribution in [3.63, 3.8) is 0 Å². The highest BCUT2D eigenvalue weighted by atomic mass is 79.9. The minimum atomic E-state index is -0.554. The van der Waals surface area contributed by atoms with Crippen molar-refractivity contribution in [1.82, 2.24) is 19.1 Å². The average molecular weight is 1610 g/mol. The van der Waals surface area contributed by atoms with E-state index in [1.165, 1.54) is 76.8 Å². The van der Waals surface area contributed by atoms with Crippen molar-refractivity contribution in [2.24, 2.45) is 14.1 Å². The van der Waals surface area contributed by atoms with E-state index in [-0.39, 0.29) is 14.9 Å². The zero-order chi connectivity index (χ0) is 77.0. The first-order chi connectivity index (χ1) is 52.8. The number of hydrogen-bond donors (Lipinski definition) is 0. The summed E-state index contributed by atoms with van der Waals surface area (Å²) in [6, 6.07) is 81.6. The van der Waals surface area contributed by atoms with E-state index >= 15 is 0 Å². The number of benzene rings is 14. The van der Waals surface area contributed by atoms with Crippen LogP contribution in [-0.2, 0) is 32.7 Å². The Morgan fingerprint density at radius 2 is 0.679 bits per heavy atom. The van der Waals surface area contributed by atoms with E-state index in [1.54, 1.807) is 28.4 Å². The van der Waals surface area contributed by atoms with Crippen LogP contribution in [0.5, 0.6) is 23.0 Å². The standard InChI is InChI=1S/C47H36N2O.C27H18Br2N2O.C20H32B2O6.2CH4/c1-29-26-40(30(2)25-39(29)32-15-9-6-10-16-32)35-20-23-38-37-22-19-34(31-13-7-5-8-14-31)27-41(37)45-46(42(38)28-35)49(3)47(48-45)44-36-18-12-11-17-33(36)21-24-43(44)50-4;1-31-26-22-14-17(29)9-11-20(22)19-10-8-16(28)13-21(19)25(26)30-27(31)24-18-6-4-3-5-15(18)7-12-23(24)32-2;1-17(2)18(3,4)26-21(25-17)13-11-16(24-10)14(12-15(13)23-9)22-27-19(5,6)20(7,8)28-22;;/h5-28H,1-4H3;3-14H,1-2H3;11-12H,1-10H3;2*1H4. The fraction of sp³-hybridized carbons (Fsp3) is 0.229. The first-order valence-electron chi connectivity index (χ1n) is 37.2. The van der Waals surface area contributed by atoms with Crippen LogP contribution in [0.4, 0.5) is 0 Å². The predicted molar refractivity (Wildman–Crippen MR) is 476 cm³/mol. The molecular weight excluding hydrogens is 1520 g/mol. The zero-order valence-corrected chi connectivity index (χ0v) is 68.1. The highest BCUT2D eigenvalue weighted by Gasteiger charge is 2.55. The fourth-order valence-corrected chi connectivity index (χ4v) is 16.6. The van der Waals surface area contributed by atoms with Crippen LogP contribution in [0, 0.1) is 13.8 Å². The van der Waals surface area contributed by atoms with Crippen LogP contribution in [0.1, 0.15) is 81.4 Å². The minimum Gasteiger partial charge on any atom is -0.497 e. The van der Waals surface area contributed by atoms with Gasteiger partial charge in [0.2, 0.25) is 0 Å². The molecule has 16 heteroatoms. The number of halogens is 2. The number of methoxy groups -OCH3 is 4. The van der Waals surface area contributed by atoms with Gasteiger partial charge in [0.15, 0.2) is 0 Å². The molecule has 0 radical (unpaired) electrons. The first kappa shape index (κ1) is 78.4. The molecule has 2 aliphatic rings. The summed E-state index contributed by atoms with van der Waals surface area (Å²) in [7, 11) is 9.85. The maximum atomic E-state index is 6.20. The van der Waals surface area contributed by atoms with Crippen molar-refractivity contribution in [2.45, 2.75) is 106 Å². The van der Waals surface area contributed by atoms with Crippen molar-refractivity contribution < 1.29 is 37.6 Å². The molecule has 14 aromatic carbocycles. The average Bonchev–Trinajstić information content (AvgIpc) is 1.44. The molecule has 18 rings (SSSR count). The molecule has 0 unspecified atom stereocenters. The Kier molecular flexibility index (Phi) is 21.2. The van der Waals surface area contributed by atoms with Gasteiger partial charge in [0.1, 0.15) is 34.6 Å². The van der Waals surface area contributed by atoms with Gasteiger partial charge in [-0.15, -0.1) is 0 Å². The summed E-state index contributed by atoms with van der Waals surface area (Å²) in [6.45, 7) is 20.6. The zero-order valence-electron chi connectivity index (χ0n) is 64.9. The number of ether oxygens (including phenoxy) is 4. The molecule has 112 heavy (non-hydrogen) atoms. The Balaban J connectivity index is 0.000000146. The molecule has 0 aliphatic carbocycles. The van der Waals surface area contributed by atoms with Crippen LogP contribution in [0.25, 0.3) is 143 Å². The molecule has 16 aromatic rings. The molecule has 0 atom stereocenters. The van der Waals surface area contributed by atoms with Crippen LogP contribution in [-0.4, -0.2) is 84.2 Å². The number of imidazole rings is 2. The van der Waals surface area contributed by atoms with Crippen LogP contribution < -0.4 is 29.9 Å². The molecule has 0 saturated carbocycles. The second-order valence-corrected chi connectivity index (χ2v) is 32.6. The molecule has 0 spiro atoms. The van der Waals surface area contributed by atoms with E-state index in [9.17, 15) is 0 Å². The van der Waals surface area contributed by atoms with Gasteiger partial charge in [-0.25, -0.2) is 9.97 Å². The van der Waals surface area contributed by atoms with Crippen LogP contribution >= 0.6 is 31.9 Å². The largest absolute Gasteiger partial charge is 0.498 e. The van der Waals surface area contributed by atoms with E-state index in [2.05, 4.69) is 281 Å². The van der Waals surface area contributed by atoms with Gasteiger partial charge in [-0.1, -0.05) is 217 Å². The van der Waals surface area contributed by atoms with E-state index in [0.717, 1.165) is 109 Å². The Hall–Kier alpha value is -10.3. The van der Waals surface area contributed by atoms with Crippen molar-refractivity contribution in [1.29, 1.82) is 0 Å². The Morgan fingerprint density at radius 3 is 1.12 bits per heavy atom. The maximum absolute atomic E-state index is 6.20. The van der Waals surface area contributed by atoms with Gasteiger partial charge in [-0.05, 0) is 217 Å². The summed E-state index contributed by atoms with van der Waals surface area (Å²) in [5, 5.41) is 14.0. The summed E-state index contributed by atoms with van der Waals surface area (Å²) in [4.78, 5) is 10.8. The van der Waals surface area contributed by atoms with E-state index in [0.29, 0.717) is 11.5 Å². The quantitative estimate of drug-likeness (QED) is 0.0917. The SMILES string of the molecule is C.C.COc1cc(B2OC(C)(C)C(C)(C)O2)c(OC)cc1B1OC(C)(C)C(C)(C)O1.COc1ccc2ccccc2c1-c1nc2c3cc(-c4ccccc4)ccc3c3ccc(-c4cc(C)c(-c5ccccc5)cc4C)cc3c2n1C.COc1ccc2ccccc2c1-c1nc2c3cc(Br)ccc3c3ccc(Br)cc3c2n1C. The maximum Gasteiger partial charge on any atom is 0.498 e. The van der Waals surface area contributed by atoms with Gasteiger partial charge >= 0.3 is 14.2 Å². The molecule has 4 heterocycles. The minimum absolute atomic E-state index is 0. The lowest BCUT2D eigenvalue weighted by Gasteiger charge is -2.32. The van der Waals surface area contributed by atoms with Gasteiger partial charge in [-0.2, -0.15) is 0 Å². The molecule has 0 amide bonds. The highest BCUT2D eigenvalue weighted by molar-refractivity contribution is 9.10. The molecule has 0 N–H and O–H groups in total. The second-order valence-electron chi connectivity index (χ2n) is 30.7. The molecule has 2 aromatic heterocycles. The third-order valence-corrected chi connectivity index (χ3v) is 24.1. The van der Waals surface area contributed by atoms with Gasteiger partial charge in [0.05, 0.1) is 84.0 Å². The molecular formula is C96H94B2Br2N4O8. The molecule has 2 saturated heterocycles. The van der Waals surface area contributed by atoms with E-state index < -0.39 is 36.6 Å². The number of rotatable bonds is 11. The number of nitrogens with zero attached hydrogens (tertiary/aromatic N) is 4. The van der Waals surface area contributed by atoms with Gasteiger partial charge in [-0.3, -0.25) is 0 Å². The van der Waals surface area contributed by atoms with Gasteiger partial charge < -0.3 is 46.7 Å². The first-order valence-corrected chi connectivity index (χ1v) is 38.7. The van der Waals surface area contributed by atoms with Crippen molar-refractivity contribution in [2.75, 3.05) is 28.4 Å². The molecule has 566 valence electrons. The molecule has 0 bridgehead atoms. The lowest BCUT2D eigenvalue weighted by atomic mass is 9.72.